The normalized spacial score (nSPS) is 10.1. The molecule has 0 fully saturated rings. The monoisotopic (exact) mass is 307 g/mol. The fourth-order valence-electron chi connectivity index (χ4n) is 1.78. The van der Waals surface area contributed by atoms with Crippen LogP contribution in [0.5, 0.6) is 5.75 Å². The molecular formula is C13H10FN3O5. The first-order valence-electron chi connectivity index (χ1n) is 5.95. The molecule has 0 amide bonds. The van der Waals surface area contributed by atoms with Crippen LogP contribution in [-0.4, -0.2) is 17.0 Å². The highest BCUT2D eigenvalue weighted by Gasteiger charge is 2.19. The fraction of sp³-hybridized carbons (Fsp3) is 0.0769. The largest absolute Gasteiger partial charge is 0.494 e. The van der Waals surface area contributed by atoms with Crippen LogP contribution >= 0.6 is 0 Å². The lowest BCUT2D eigenvalue weighted by Crippen LogP contribution is -1.99. The summed E-state index contributed by atoms with van der Waals surface area (Å²) in [6.45, 7) is 0. The highest BCUT2D eigenvalue weighted by molar-refractivity contribution is 5.72. The molecule has 0 bridgehead atoms. The van der Waals surface area contributed by atoms with E-state index in [1.54, 1.807) is 0 Å². The van der Waals surface area contributed by atoms with Gasteiger partial charge in [0, 0.05) is 17.8 Å². The number of anilines is 2. The van der Waals surface area contributed by atoms with Gasteiger partial charge >= 0.3 is 0 Å². The Morgan fingerprint density at radius 2 is 1.82 bits per heavy atom. The van der Waals surface area contributed by atoms with E-state index in [9.17, 15) is 24.6 Å². The molecule has 0 unspecified atom stereocenters. The van der Waals surface area contributed by atoms with Gasteiger partial charge < -0.3 is 10.1 Å². The summed E-state index contributed by atoms with van der Waals surface area (Å²) in [7, 11) is 1.29. The van der Waals surface area contributed by atoms with Gasteiger partial charge in [-0.2, -0.15) is 0 Å². The number of nitro groups is 2. The van der Waals surface area contributed by atoms with Gasteiger partial charge in [0.05, 0.1) is 23.0 Å². The molecule has 9 heteroatoms. The number of benzene rings is 2. The molecule has 0 heterocycles. The maximum absolute atomic E-state index is 13.3. The average molecular weight is 307 g/mol. The third-order valence-corrected chi connectivity index (χ3v) is 2.82. The van der Waals surface area contributed by atoms with Crippen LogP contribution < -0.4 is 10.1 Å². The average Bonchev–Trinajstić information content (AvgIpc) is 2.49. The second-order valence-electron chi connectivity index (χ2n) is 4.19. The molecule has 0 aromatic heterocycles. The molecule has 0 aliphatic carbocycles. The molecule has 8 nitrogen and oxygen atoms in total. The van der Waals surface area contributed by atoms with Gasteiger partial charge in [0.25, 0.3) is 11.4 Å². The number of non-ortho nitro benzene ring substituents is 1. The van der Waals surface area contributed by atoms with Crippen molar-refractivity contribution in [3.63, 3.8) is 0 Å². The summed E-state index contributed by atoms with van der Waals surface area (Å²) in [4.78, 5) is 20.2. The number of nitro benzene ring substituents is 2. The molecule has 1 N–H and O–H groups in total. The van der Waals surface area contributed by atoms with E-state index in [-0.39, 0.29) is 11.4 Å². The van der Waals surface area contributed by atoms with Crippen LogP contribution in [0, 0.1) is 26.0 Å². The predicted molar refractivity (Wildman–Crippen MR) is 76.0 cm³/mol. The fourth-order valence-corrected chi connectivity index (χ4v) is 1.78. The lowest BCUT2D eigenvalue weighted by Gasteiger charge is -2.09. The van der Waals surface area contributed by atoms with E-state index >= 15 is 0 Å². The summed E-state index contributed by atoms with van der Waals surface area (Å²) in [6.07, 6.45) is 0. The van der Waals surface area contributed by atoms with Crippen molar-refractivity contribution in [3.8, 4) is 5.75 Å². The van der Waals surface area contributed by atoms with Crippen molar-refractivity contribution in [1.29, 1.82) is 0 Å². The Morgan fingerprint density at radius 3 is 2.41 bits per heavy atom. The SMILES string of the molecule is COc1cc(Nc2ccc([N+](=O)[O-])cc2[N+](=O)[O-])ccc1F. The van der Waals surface area contributed by atoms with Crippen molar-refractivity contribution < 1.29 is 19.0 Å². The molecule has 0 saturated heterocycles. The lowest BCUT2D eigenvalue weighted by molar-refractivity contribution is -0.393. The summed E-state index contributed by atoms with van der Waals surface area (Å²) in [5.74, 6) is -0.610. The van der Waals surface area contributed by atoms with Crippen molar-refractivity contribution in [1.82, 2.24) is 0 Å². The Morgan fingerprint density at radius 1 is 1.09 bits per heavy atom. The molecule has 0 aliphatic rings. The van der Waals surface area contributed by atoms with E-state index in [2.05, 4.69) is 5.32 Å². The third kappa shape index (κ3) is 3.08. The molecule has 0 radical (unpaired) electrons. The number of ether oxygens (including phenoxy) is 1. The maximum Gasteiger partial charge on any atom is 0.299 e. The van der Waals surface area contributed by atoms with Gasteiger partial charge in [0.15, 0.2) is 11.6 Å². The van der Waals surface area contributed by atoms with Gasteiger partial charge in [-0.3, -0.25) is 20.2 Å². The Kier molecular flexibility index (Phi) is 4.16. The highest BCUT2D eigenvalue weighted by atomic mass is 19.1. The zero-order chi connectivity index (χ0) is 16.3. The molecule has 0 spiro atoms. The Balaban J connectivity index is 2.40. The molecule has 0 atom stereocenters. The van der Waals surface area contributed by atoms with Crippen molar-refractivity contribution in [3.05, 3.63) is 62.4 Å². The first kappa shape index (κ1) is 15.2. The second-order valence-corrected chi connectivity index (χ2v) is 4.19. The minimum absolute atomic E-state index is 0.0328. The second kappa shape index (κ2) is 6.04. The smallest absolute Gasteiger partial charge is 0.299 e. The van der Waals surface area contributed by atoms with Crippen LogP contribution in [-0.2, 0) is 0 Å². The molecule has 22 heavy (non-hydrogen) atoms. The maximum atomic E-state index is 13.3. The topological polar surface area (TPSA) is 108 Å². The van der Waals surface area contributed by atoms with E-state index in [1.165, 1.54) is 25.3 Å². The standard InChI is InChI=1S/C13H10FN3O5/c1-22-13-6-8(2-4-10(13)14)15-11-5-3-9(16(18)19)7-12(11)17(20)21/h2-7,15H,1H3. The van der Waals surface area contributed by atoms with Gasteiger partial charge in [-0.1, -0.05) is 0 Å². The summed E-state index contributed by atoms with van der Waals surface area (Å²) in [6, 6.07) is 7.02. The number of hydrogen-bond acceptors (Lipinski definition) is 6. The van der Waals surface area contributed by atoms with Crippen molar-refractivity contribution in [2.45, 2.75) is 0 Å². The molecule has 2 rings (SSSR count). The highest BCUT2D eigenvalue weighted by Crippen LogP contribution is 2.32. The third-order valence-electron chi connectivity index (χ3n) is 2.82. The van der Waals surface area contributed by atoms with Crippen LogP contribution in [0.15, 0.2) is 36.4 Å². The Bertz CT molecular complexity index is 750. The summed E-state index contributed by atoms with van der Waals surface area (Å²) < 4.78 is 18.1. The number of rotatable bonds is 5. The summed E-state index contributed by atoms with van der Waals surface area (Å²) >= 11 is 0. The van der Waals surface area contributed by atoms with E-state index in [4.69, 9.17) is 4.74 Å². The summed E-state index contributed by atoms with van der Waals surface area (Å²) in [5.41, 5.74) is -0.467. The number of nitrogens with zero attached hydrogens (tertiary/aromatic N) is 2. The molecule has 0 aliphatic heterocycles. The van der Waals surface area contributed by atoms with Crippen molar-refractivity contribution >= 4 is 22.7 Å². The van der Waals surface area contributed by atoms with Gasteiger partial charge in [-0.15, -0.1) is 0 Å². The van der Waals surface area contributed by atoms with Crippen LogP contribution in [0.4, 0.5) is 27.1 Å². The Labute approximate surface area is 123 Å². The molecule has 114 valence electrons. The van der Waals surface area contributed by atoms with Crippen molar-refractivity contribution in [2.24, 2.45) is 0 Å². The summed E-state index contributed by atoms with van der Waals surface area (Å²) in [5, 5.41) is 24.4. The number of hydrogen-bond donors (Lipinski definition) is 1. The van der Waals surface area contributed by atoms with Gasteiger partial charge in [0.1, 0.15) is 5.69 Å². The Hall–Kier alpha value is -3.23. The van der Waals surface area contributed by atoms with E-state index in [0.29, 0.717) is 5.69 Å². The van der Waals surface area contributed by atoms with Crippen LogP contribution in [0.2, 0.25) is 0 Å². The zero-order valence-corrected chi connectivity index (χ0v) is 11.3. The quantitative estimate of drug-likeness (QED) is 0.670. The number of methoxy groups -OCH3 is 1. The lowest BCUT2D eigenvalue weighted by atomic mass is 10.2. The van der Waals surface area contributed by atoms with E-state index in [1.807, 2.05) is 0 Å². The van der Waals surface area contributed by atoms with Crippen LogP contribution in [0.3, 0.4) is 0 Å². The van der Waals surface area contributed by atoms with E-state index < -0.39 is 27.0 Å². The van der Waals surface area contributed by atoms with Gasteiger partial charge in [-0.25, -0.2) is 4.39 Å². The first-order valence-corrected chi connectivity index (χ1v) is 5.95. The zero-order valence-electron chi connectivity index (χ0n) is 11.3. The van der Waals surface area contributed by atoms with Gasteiger partial charge in [0.2, 0.25) is 0 Å². The number of halogens is 1. The van der Waals surface area contributed by atoms with Crippen molar-refractivity contribution in [2.75, 3.05) is 12.4 Å². The van der Waals surface area contributed by atoms with Crippen LogP contribution in [0.1, 0.15) is 0 Å². The van der Waals surface area contributed by atoms with Gasteiger partial charge in [-0.05, 0) is 18.2 Å². The molecule has 2 aromatic rings. The molecular weight excluding hydrogens is 297 g/mol. The number of nitrogens with one attached hydrogen (secondary N) is 1. The minimum atomic E-state index is -0.740. The molecule has 0 saturated carbocycles. The molecule has 2 aromatic carbocycles. The van der Waals surface area contributed by atoms with E-state index in [0.717, 1.165) is 18.2 Å². The minimum Gasteiger partial charge on any atom is -0.494 e. The van der Waals surface area contributed by atoms with Crippen LogP contribution in [0.25, 0.3) is 0 Å². The first-order chi connectivity index (χ1) is 10.4. The predicted octanol–water partition coefficient (Wildman–Crippen LogP) is 3.39.